The smallest absolute Gasteiger partial charge is 0.333 e. The summed E-state index contributed by atoms with van der Waals surface area (Å²) in [6, 6.07) is 0. The highest BCUT2D eigenvalue weighted by molar-refractivity contribution is 5.72. The molecule has 0 aliphatic heterocycles. The molecule has 0 aromatic rings. The van der Waals surface area contributed by atoms with E-state index >= 15 is 0 Å². The van der Waals surface area contributed by atoms with E-state index in [2.05, 4.69) is 13.0 Å². The first-order valence-corrected chi connectivity index (χ1v) is 7.13. The molecule has 106 valence electrons. The number of carboxylic acid groups (broad SMARTS) is 1. The Kier molecular flexibility index (Phi) is 12.0. The Morgan fingerprint density at radius 1 is 1.11 bits per heavy atom. The summed E-state index contributed by atoms with van der Waals surface area (Å²) in [5.41, 5.74) is 0. The maximum Gasteiger partial charge on any atom is 0.333 e. The minimum absolute atomic E-state index is 0.461. The third kappa shape index (κ3) is 10.3. The fourth-order valence-electron chi connectivity index (χ4n) is 1.85. The molecule has 18 heavy (non-hydrogen) atoms. The van der Waals surface area contributed by atoms with Crippen molar-refractivity contribution >= 4 is 5.97 Å². The van der Waals surface area contributed by atoms with E-state index in [1.54, 1.807) is 0 Å². The Labute approximate surface area is 111 Å². The second-order valence-electron chi connectivity index (χ2n) is 4.68. The average molecular weight is 256 g/mol. The molecule has 0 heterocycles. The minimum Gasteiger partial charge on any atom is -0.479 e. The van der Waals surface area contributed by atoms with Gasteiger partial charge in [0.05, 0.1) is 0 Å². The van der Waals surface area contributed by atoms with Crippen LogP contribution in [0.15, 0.2) is 12.2 Å². The van der Waals surface area contributed by atoms with Crippen molar-refractivity contribution in [2.75, 3.05) is 7.11 Å². The first-order valence-electron chi connectivity index (χ1n) is 7.13. The summed E-state index contributed by atoms with van der Waals surface area (Å²) in [5.74, 6) is -0.891. The van der Waals surface area contributed by atoms with Gasteiger partial charge in [0.25, 0.3) is 0 Å². The molecule has 0 fully saturated rings. The van der Waals surface area contributed by atoms with E-state index in [-0.39, 0.29) is 0 Å². The van der Waals surface area contributed by atoms with Gasteiger partial charge in [0.2, 0.25) is 0 Å². The van der Waals surface area contributed by atoms with E-state index < -0.39 is 12.1 Å². The molecule has 0 aromatic carbocycles. The maximum atomic E-state index is 10.7. The summed E-state index contributed by atoms with van der Waals surface area (Å²) in [6.07, 6.45) is 14.0. The highest BCUT2D eigenvalue weighted by Gasteiger charge is 2.13. The molecular weight excluding hydrogens is 228 g/mol. The van der Waals surface area contributed by atoms with Crippen molar-refractivity contribution in [3.63, 3.8) is 0 Å². The number of hydrogen-bond acceptors (Lipinski definition) is 2. The van der Waals surface area contributed by atoms with Crippen LogP contribution in [0.25, 0.3) is 0 Å². The lowest BCUT2D eigenvalue weighted by Gasteiger charge is -2.06. The molecule has 1 N–H and O–H groups in total. The van der Waals surface area contributed by atoms with Crippen LogP contribution in [0, 0.1) is 0 Å². The molecule has 3 heteroatoms. The summed E-state index contributed by atoms with van der Waals surface area (Å²) in [6.45, 7) is 2.23. The number of carbonyl (C=O) groups is 1. The van der Waals surface area contributed by atoms with E-state index in [1.165, 1.54) is 52.1 Å². The molecule has 0 spiro atoms. The molecule has 0 saturated carbocycles. The second kappa shape index (κ2) is 12.6. The number of methoxy groups -OCH3 is 1. The summed E-state index contributed by atoms with van der Waals surface area (Å²) >= 11 is 0. The lowest BCUT2D eigenvalue weighted by Crippen LogP contribution is -2.21. The molecule has 0 rings (SSSR count). The highest BCUT2D eigenvalue weighted by Crippen LogP contribution is 2.09. The zero-order valence-corrected chi connectivity index (χ0v) is 11.9. The summed E-state index contributed by atoms with van der Waals surface area (Å²) in [5, 5.41) is 8.76. The van der Waals surface area contributed by atoms with Crippen LogP contribution < -0.4 is 0 Å². The van der Waals surface area contributed by atoms with Crippen molar-refractivity contribution in [2.45, 2.75) is 70.8 Å². The molecule has 3 nitrogen and oxygen atoms in total. The maximum absolute atomic E-state index is 10.7. The van der Waals surface area contributed by atoms with E-state index in [9.17, 15) is 4.79 Å². The molecule has 0 saturated heterocycles. The molecule has 1 atom stereocenters. The van der Waals surface area contributed by atoms with Crippen molar-refractivity contribution in [2.24, 2.45) is 0 Å². The van der Waals surface area contributed by atoms with E-state index in [4.69, 9.17) is 9.84 Å². The molecule has 0 aliphatic carbocycles. The first kappa shape index (κ1) is 17.2. The van der Waals surface area contributed by atoms with Gasteiger partial charge in [-0.2, -0.15) is 0 Å². The standard InChI is InChI=1S/C15H28O3/c1-3-4-5-6-7-8-9-10-11-12-13-14(18-2)15(16)17/h11-12,14H,3-10,13H2,1-2H3,(H,16,17). The van der Waals surface area contributed by atoms with Crippen LogP contribution in [0.1, 0.15) is 64.7 Å². The van der Waals surface area contributed by atoms with Crippen molar-refractivity contribution in [3.8, 4) is 0 Å². The van der Waals surface area contributed by atoms with Crippen molar-refractivity contribution in [3.05, 3.63) is 12.2 Å². The average Bonchev–Trinajstić information content (AvgIpc) is 2.35. The molecule has 0 aromatic heterocycles. The number of ether oxygens (including phenoxy) is 1. The third-order valence-electron chi connectivity index (χ3n) is 3.05. The molecule has 0 bridgehead atoms. The van der Waals surface area contributed by atoms with Gasteiger partial charge in [-0.25, -0.2) is 4.79 Å². The summed E-state index contributed by atoms with van der Waals surface area (Å²) in [7, 11) is 1.43. The van der Waals surface area contributed by atoms with Gasteiger partial charge in [0.1, 0.15) is 0 Å². The minimum atomic E-state index is -0.891. The van der Waals surface area contributed by atoms with Gasteiger partial charge in [0, 0.05) is 13.5 Å². The van der Waals surface area contributed by atoms with Gasteiger partial charge in [-0.05, 0) is 12.8 Å². The zero-order chi connectivity index (χ0) is 13.6. The fourth-order valence-corrected chi connectivity index (χ4v) is 1.85. The lowest BCUT2D eigenvalue weighted by atomic mass is 10.1. The topological polar surface area (TPSA) is 46.5 Å². The van der Waals surface area contributed by atoms with Crippen LogP contribution in [0.3, 0.4) is 0 Å². The van der Waals surface area contributed by atoms with Gasteiger partial charge in [-0.3, -0.25) is 0 Å². The normalized spacial score (nSPS) is 13.0. The quantitative estimate of drug-likeness (QED) is 0.421. The molecule has 0 amide bonds. The molecule has 0 radical (unpaired) electrons. The van der Waals surface area contributed by atoms with Crippen molar-refractivity contribution in [1.29, 1.82) is 0 Å². The molecule has 1 unspecified atom stereocenters. The van der Waals surface area contributed by atoms with Crippen LogP contribution in [0.4, 0.5) is 0 Å². The van der Waals surface area contributed by atoms with Gasteiger partial charge in [-0.1, -0.05) is 57.6 Å². The predicted molar refractivity (Wildman–Crippen MR) is 74.8 cm³/mol. The van der Waals surface area contributed by atoms with Gasteiger partial charge in [0.15, 0.2) is 6.10 Å². The number of hydrogen-bond donors (Lipinski definition) is 1. The van der Waals surface area contributed by atoms with Gasteiger partial charge in [-0.15, -0.1) is 0 Å². The monoisotopic (exact) mass is 256 g/mol. The van der Waals surface area contributed by atoms with Crippen LogP contribution >= 0.6 is 0 Å². The van der Waals surface area contributed by atoms with Crippen molar-refractivity contribution < 1.29 is 14.6 Å². The van der Waals surface area contributed by atoms with Crippen molar-refractivity contribution in [1.82, 2.24) is 0 Å². The Hall–Kier alpha value is -0.830. The lowest BCUT2D eigenvalue weighted by molar-refractivity contribution is -0.148. The van der Waals surface area contributed by atoms with Crippen LogP contribution in [-0.4, -0.2) is 24.3 Å². The SMILES string of the molecule is CCCCCCCCCC=CCC(OC)C(=O)O. The van der Waals surface area contributed by atoms with Crippen LogP contribution in [0.2, 0.25) is 0 Å². The predicted octanol–water partition coefficient (Wildman–Crippen LogP) is 4.17. The number of unbranched alkanes of at least 4 members (excludes halogenated alkanes) is 7. The largest absolute Gasteiger partial charge is 0.479 e. The number of carboxylic acids is 1. The Bertz CT molecular complexity index is 224. The Morgan fingerprint density at radius 3 is 2.28 bits per heavy atom. The highest BCUT2D eigenvalue weighted by atomic mass is 16.5. The summed E-state index contributed by atoms with van der Waals surface area (Å²) in [4.78, 5) is 10.7. The first-order chi connectivity index (χ1) is 8.72. The number of rotatable bonds is 12. The van der Waals surface area contributed by atoms with E-state index in [0.717, 1.165) is 6.42 Å². The second-order valence-corrected chi connectivity index (χ2v) is 4.68. The van der Waals surface area contributed by atoms with Crippen LogP contribution in [-0.2, 0) is 9.53 Å². The zero-order valence-electron chi connectivity index (χ0n) is 11.9. The Balaban J connectivity index is 3.35. The number of allylic oxidation sites excluding steroid dienone is 1. The van der Waals surface area contributed by atoms with Gasteiger partial charge >= 0.3 is 5.97 Å². The molecular formula is C15H28O3. The number of aliphatic carboxylic acids is 1. The van der Waals surface area contributed by atoms with E-state index in [1.807, 2.05) is 6.08 Å². The van der Waals surface area contributed by atoms with Crippen LogP contribution in [0.5, 0.6) is 0 Å². The Morgan fingerprint density at radius 2 is 1.72 bits per heavy atom. The summed E-state index contributed by atoms with van der Waals surface area (Å²) < 4.78 is 4.84. The van der Waals surface area contributed by atoms with E-state index in [0.29, 0.717) is 6.42 Å². The molecule has 0 aliphatic rings. The van der Waals surface area contributed by atoms with Gasteiger partial charge < -0.3 is 9.84 Å². The fraction of sp³-hybridized carbons (Fsp3) is 0.800. The third-order valence-corrected chi connectivity index (χ3v) is 3.05.